The van der Waals surface area contributed by atoms with Crippen LogP contribution in [0.15, 0.2) is 65.8 Å². The van der Waals surface area contributed by atoms with E-state index in [2.05, 4.69) is 9.89 Å². The third-order valence-electron chi connectivity index (χ3n) is 9.21. The standard InChI is InChI=1S/C36H40N6O5/c1-36(2,47-31-21-28-27(20-30(31)46-4)34(43)41-15-7-8-25(41)22-37-28)23-39-16-18-40(19-17-39)35(44)32-29-9-5-6-14-42(29)33(38-32)24-10-12-26(45-3)13-11-24/h5-6,9-14,20-22,25H,7-8,15-19,23H2,1-4H3. The van der Waals surface area contributed by atoms with E-state index in [1.807, 2.05) is 89.0 Å². The molecule has 11 heteroatoms. The minimum atomic E-state index is -0.584. The number of carbonyl (C=O) groups is 2. The van der Waals surface area contributed by atoms with Crippen LogP contribution in [0.25, 0.3) is 16.9 Å². The first-order valence-corrected chi connectivity index (χ1v) is 16.1. The fourth-order valence-electron chi connectivity index (χ4n) is 6.85. The Morgan fingerprint density at radius 2 is 1.74 bits per heavy atom. The van der Waals surface area contributed by atoms with Crippen LogP contribution in [0.4, 0.5) is 5.69 Å². The van der Waals surface area contributed by atoms with Crippen molar-refractivity contribution >= 4 is 29.2 Å². The molecule has 2 aromatic carbocycles. The number of carbonyl (C=O) groups excluding carboxylic acids is 2. The predicted octanol–water partition coefficient (Wildman–Crippen LogP) is 4.95. The van der Waals surface area contributed by atoms with Gasteiger partial charge in [0.1, 0.15) is 17.2 Å². The van der Waals surface area contributed by atoms with E-state index in [0.29, 0.717) is 67.0 Å². The van der Waals surface area contributed by atoms with Crippen LogP contribution in [0, 0.1) is 0 Å². The maximum absolute atomic E-state index is 13.8. The smallest absolute Gasteiger partial charge is 0.274 e. The highest BCUT2D eigenvalue weighted by Gasteiger charge is 2.34. The highest BCUT2D eigenvalue weighted by atomic mass is 16.5. The zero-order valence-corrected chi connectivity index (χ0v) is 27.3. The number of piperazine rings is 1. The molecule has 4 aromatic rings. The maximum Gasteiger partial charge on any atom is 0.274 e. The van der Waals surface area contributed by atoms with E-state index in [1.165, 1.54) is 0 Å². The van der Waals surface area contributed by atoms with Crippen molar-refractivity contribution in [3.63, 3.8) is 0 Å². The van der Waals surface area contributed by atoms with Gasteiger partial charge in [0.15, 0.2) is 17.2 Å². The number of pyridine rings is 1. The Kier molecular flexibility index (Phi) is 8.09. The minimum Gasteiger partial charge on any atom is -0.497 e. The summed E-state index contributed by atoms with van der Waals surface area (Å²) in [7, 11) is 3.23. The molecule has 244 valence electrons. The van der Waals surface area contributed by atoms with Gasteiger partial charge >= 0.3 is 0 Å². The minimum absolute atomic E-state index is 0.0166. The number of hydrogen-bond donors (Lipinski definition) is 0. The number of aliphatic imine (C=N–C) groups is 1. The Balaban J connectivity index is 1.03. The molecule has 0 bridgehead atoms. The summed E-state index contributed by atoms with van der Waals surface area (Å²) in [6.07, 6.45) is 5.73. The topological polar surface area (TPSA) is 101 Å². The number of aromatic nitrogens is 2. The molecule has 1 unspecified atom stereocenters. The first-order valence-electron chi connectivity index (χ1n) is 16.1. The van der Waals surface area contributed by atoms with Crippen molar-refractivity contribution < 1.29 is 23.8 Å². The van der Waals surface area contributed by atoms with Crippen LogP contribution in [0.1, 0.15) is 47.5 Å². The van der Waals surface area contributed by atoms with Gasteiger partial charge in [-0.3, -0.25) is 23.9 Å². The quantitative estimate of drug-likeness (QED) is 0.270. The largest absolute Gasteiger partial charge is 0.497 e. The van der Waals surface area contributed by atoms with Crippen molar-refractivity contribution in [3.8, 4) is 28.6 Å². The lowest BCUT2D eigenvalue weighted by Gasteiger charge is -2.39. The Labute approximate surface area is 274 Å². The molecule has 11 nitrogen and oxygen atoms in total. The van der Waals surface area contributed by atoms with Crippen molar-refractivity contribution in [2.45, 2.75) is 38.3 Å². The number of amides is 2. The summed E-state index contributed by atoms with van der Waals surface area (Å²) < 4.78 is 19.5. The molecule has 0 spiro atoms. The van der Waals surface area contributed by atoms with E-state index in [-0.39, 0.29) is 17.9 Å². The summed E-state index contributed by atoms with van der Waals surface area (Å²) in [6, 6.07) is 17.1. The molecular weight excluding hydrogens is 596 g/mol. The number of fused-ring (bicyclic) bond motifs is 3. The molecule has 2 fully saturated rings. The third-order valence-corrected chi connectivity index (χ3v) is 9.21. The molecular formula is C36H40N6O5. The highest BCUT2D eigenvalue weighted by molar-refractivity contribution is 6.03. The van der Waals surface area contributed by atoms with Gasteiger partial charge in [0.05, 0.1) is 37.0 Å². The van der Waals surface area contributed by atoms with E-state index < -0.39 is 5.60 Å². The lowest BCUT2D eigenvalue weighted by molar-refractivity contribution is 0.0314. The number of rotatable bonds is 8. The normalized spacial score (nSPS) is 18.2. The summed E-state index contributed by atoms with van der Waals surface area (Å²) in [5.74, 6) is 2.45. The summed E-state index contributed by atoms with van der Waals surface area (Å²) in [6.45, 7) is 8.02. The van der Waals surface area contributed by atoms with Gasteiger partial charge in [-0.2, -0.15) is 0 Å². The van der Waals surface area contributed by atoms with E-state index in [4.69, 9.17) is 19.2 Å². The SMILES string of the molecule is COc1ccc(-c2nc(C(=O)N3CCN(CC(C)(C)Oc4cc5c(cc4OC)C(=O)N4CCCC4C=N5)CC3)c3ccccn23)cc1. The maximum atomic E-state index is 13.8. The van der Waals surface area contributed by atoms with E-state index >= 15 is 0 Å². The highest BCUT2D eigenvalue weighted by Crippen LogP contribution is 2.39. The molecule has 5 heterocycles. The van der Waals surface area contributed by atoms with E-state index in [0.717, 1.165) is 36.2 Å². The monoisotopic (exact) mass is 636 g/mol. The number of benzene rings is 2. The average molecular weight is 637 g/mol. The Hall–Kier alpha value is -4.90. The van der Waals surface area contributed by atoms with Crippen LogP contribution in [0.2, 0.25) is 0 Å². The van der Waals surface area contributed by atoms with Crippen LogP contribution < -0.4 is 14.2 Å². The molecule has 3 aliphatic heterocycles. The number of methoxy groups -OCH3 is 2. The first kappa shape index (κ1) is 30.7. The molecule has 0 saturated carbocycles. The average Bonchev–Trinajstić information content (AvgIpc) is 3.69. The van der Waals surface area contributed by atoms with Crippen LogP contribution in [0.3, 0.4) is 0 Å². The second kappa shape index (κ2) is 12.4. The van der Waals surface area contributed by atoms with Gasteiger partial charge in [0.2, 0.25) is 0 Å². The fraction of sp³-hybridized carbons (Fsp3) is 0.389. The zero-order valence-electron chi connectivity index (χ0n) is 27.3. The third kappa shape index (κ3) is 5.91. The molecule has 1 atom stereocenters. The summed E-state index contributed by atoms with van der Waals surface area (Å²) >= 11 is 0. The van der Waals surface area contributed by atoms with E-state index in [9.17, 15) is 9.59 Å². The molecule has 7 rings (SSSR count). The number of ether oxygens (including phenoxy) is 3. The van der Waals surface area contributed by atoms with Gasteiger partial charge in [0, 0.05) is 63.3 Å². The molecule has 0 N–H and O–H groups in total. The molecule has 47 heavy (non-hydrogen) atoms. The van der Waals surface area contributed by atoms with Crippen molar-refractivity contribution in [2.24, 2.45) is 4.99 Å². The van der Waals surface area contributed by atoms with E-state index in [1.54, 1.807) is 20.3 Å². The van der Waals surface area contributed by atoms with Gasteiger partial charge in [-0.15, -0.1) is 0 Å². The lowest BCUT2D eigenvalue weighted by Crippen LogP contribution is -2.53. The van der Waals surface area contributed by atoms with Crippen LogP contribution in [-0.4, -0.2) is 107 Å². The van der Waals surface area contributed by atoms with Crippen LogP contribution >= 0.6 is 0 Å². The van der Waals surface area contributed by atoms with Crippen molar-refractivity contribution in [2.75, 3.05) is 53.5 Å². The van der Waals surface area contributed by atoms with Gasteiger partial charge in [0.25, 0.3) is 11.8 Å². The Morgan fingerprint density at radius 3 is 2.49 bits per heavy atom. The molecule has 2 saturated heterocycles. The summed E-state index contributed by atoms with van der Waals surface area (Å²) in [5, 5.41) is 0. The Morgan fingerprint density at radius 1 is 0.957 bits per heavy atom. The molecule has 0 radical (unpaired) electrons. The Bertz CT molecular complexity index is 1840. The van der Waals surface area contributed by atoms with Gasteiger partial charge in [-0.1, -0.05) is 6.07 Å². The summed E-state index contributed by atoms with van der Waals surface area (Å²) in [5.41, 5.74) is 2.69. The van der Waals surface area contributed by atoms with Crippen LogP contribution in [-0.2, 0) is 0 Å². The number of imidazole rings is 1. The number of hydrogen-bond acceptors (Lipinski definition) is 8. The second-order valence-corrected chi connectivity index (χ2v) is 12.9. The molecule has 3 aliphatic rings. The van der Waals surface area contributed by atoms with Crippen LogP contribution in [0.5, 0.6) is 17.2 Å². The summed E-state index contributed by atoms with van der Waals surface area (Å²) in [4.78, 5) is 42.7. The molecule has 2 amide bonds. The number of nitrogens with zero attached hydrogens (tertiary/aromatic N) is 6. The van der Waals surface area contributed by atoms with Gasteiger partial charge in [-0.25, -0.2) is 4.98 Å². The fourth-order valence-corrected chi connectivity index (χ4v) is 6.85. The molecule has 2 aromatic heterocycles. The molecule has 0 aliphatic carbocycles. The predicted molar refractivity (Wildman–Crippen MR) is 179 cm³/mol. The van der Waals surface area contributed by atoms with Crippen molar-refractivity contribution in [1.82, 2.24) is 24.1 Å². The van der Waals surface area contributed by atoms with Gasteiger partial charge < -0.3 is 24.0 Å². The van der Waals surface area contributed by atoms with Crippen molar-refractivity contribution in [1.29, 1.82) is 0 Å². The second-order valence-electron chi connectivity index (χ2n) is 12.9. The first-order chi connectivity index (χ1) is 22.7. The van der Waals surface area contributed by atoms with Crippen molar-refractivity contribution in [3.05, 3.63) is 72.1 Å². The zero-order chi connectivity index (χ0) is 32.7. The van der Waals surface area contributed by atoms with Gasteiger partial charge in [-0.05, 0) is 69.2 Å². The lowest BCUT2D eigenvalue weighted by atomic mass is 10.1.